The van der Waals surface area contributed by atoms with Gasteiger partial charge >= 0.3 is 0 Å². The van der Waals surface area contributed by atoms with E-state index in [0.717, 1.165) is 30.0 Å². The molecule has 5 nitrogen and oxygen atoms in total. The second kappa shape index (κ2) is 11.3. The van der Waals surface area contributed by atoms with Crippen molar-refractivity contribution in [3.8, 4) is 5.75 Å². The van der Waals surface area contributed by atoms with Gasteiger partial charge in [-0.05, 0) is 62.6 Å². The number of amides is 1. The predicted molar refractivity (Wildman–Crippen MR) is 136 cm³/mol. The molecule has 1 atom stereocenters. The molecule has 4 rings (SSSR count). The molecule has 0 bridgehead atoms. The quantitative estimate of drug-likeness (QED) is 0.325. The zero-order valence-electron chi connectivity index (χ0n) is 19.3. The Morgan fingerprint density at radius 2 is 1.97 bits per heavy atom. The second-order valence-electron chi connectivity index (χ2n) is 8.33. The average Bonchev–Trinajstić information content (AvgIpc) is 3.27. The molecule has 1 unspecified atom stereocenters. The maximum Gasteiger partial charge on any atom is 0.258 e. The number of ether oxygens (including phenoxy) is 1. The first kappa shape index (κ1) is 23.2. The number of carbonyl (C=O) groups excluding carboxylic acids is 1. The monoisotopic (exact) mass is 461 g/mol. The first-order chi connectivity index (χ1) is 16.1. The van der Waals surface area contributed by atoms with Crippen LogP contribution in [0.2, 0.25) is 0 Å². The summed E-state index contributed by atoms with van der Waals surface area (Å²) >= 11 is 1.55. The van der Waals surface area contributed by atoms with Gasteiger partial charge in [-0.25, -0.2) is 4.98 Å². The topological polar surface area (TPSA) is 54.5 Å². The Kier molecular flexibility index (Phi) is 7.92. The van der Waals surface area contributed by atoms with Crippen molar-refractivity contribution < 1.29 is 9.53 Å². The Balaban J connectivity index is 1.51. The molecule has 172 valence electrons. The SMILES string of the molecule is CCOc1ccc(/C=C(/C(=O)Nc2ncc(CN3CCCCC3C)s2)c2ccccc2)cc1. The van der Waals surface area contributed by atoms with Gasteiger partial charge in [-0.1, -0.05) is 48.9 Å². The van der Waals surface area contributed by atoms with Crippen LogP contribution in [0.5, 0.6) is 5.75 Å². The fraction of sp³-hybridized carbons (Fsp3) is 0.333. The lowest BCUT2D eigenvalue weighted by Crippen LogP contribution is -2.36. The van der Waals surface area contributed by atoms with Gasteiger partial charge in [0.2, 0.25) is 0 Å². The highest BCUT2D eigenvalue weighted by atomic mass is 32.1. The highest BCUT2D eigenvalue weighted by Crippen LogP contribution is 2.26. The van der Waals surface area contributed by atoms with E-state index in [1.165, 1.54) is 24.1 Å². The van der Waals surface area contributed by atoms with Crippen LogP contribution in [-0.4, -0.2) is 35.0 Å². The summed E-state index contributed by atoms with van der Waals surface area (Å²) in [6, 6.07) is 18.1. The number of hydrogen-bond acceptors (Lipinski definition) is 5. The smallest absolute Gasteiger partial charge is 0.258 e. The van der Waals surface area contributed by atoms with Crippen LogP contribution in [0.15, 0.2) is 60.8 Å². The van der Waals surface area contributed by atoms with Gasteiger partial charge < -0.3 is 4.74 Å². The normalized spacial score (nSPS) is 17.0. The number of nitrogens with zero attached hydrogens (tertiary/aromatic N) is 2. The molecule has 0 spiro atoms. The van der Waals surface area contributed by atoms with E-state index < -0.39 is 0 Å². The minimum Gasteiger partial charge on any atom is -0.494 e. The molecule has 1 fully saturated rings. The molecule has 2 heterocycles. The van der Waals surface area contributed by atoms with E-state index in [1.807, 2.05) is 73.8 Å². The number of anilines is 1. The van der Waals surface area contributed by atoms with Crippen LogP contribution < -0.4 is 10.1 Å². The molecule has 33 heavy (non-hydrogen) atoms. The lowest BCUT2D eigenvalue weighted by atomic mass is 10.0. The number of rotatable bonds is 8. The van der Waals surface area contributed by atoms with Gasteiger partial charge in [0.25, 0.3) is 5.91 Å². The molecule has 1 amide bonds. The third-order valence-corrected chi connectivity index (χ3v) is 6.80. The predicted octanol–water partition coefficient (Wildman–Crippen LogP) is 6.10. The Morgan fingerprint density at radius 3 is 2.70 bits per heavy atom. The van der Waals surface area contributed by atoms with Crippen LogP contribution in [0, 0.1) is 0 Å². The Labute approximate surface area is 200 Å². The first-order valence-corrected chi connectivity index (χ1v) is 12.4. The fourth-order valence-corrected chi connectivity index (χ4v) is 4.92. The molecule has 6 heteroatoms. The first-order valence-electron chi connectivity index (χ1n) is 11.6. The number of carbonyl (C=O) groups is 1. The molecular formula is C27H31N3O2S. The van der Waals surface area contributed by atoms with E-state index in [9.17, 15) is 4.79 Å². The van der Waals surface area contributed by atoms with Crippen molar-refractivity contribution >= 4 is 34.0 Å². The van der Waals surface area contributed by atoms with Gasteiger partial charge in [0, 0.05) is 29.2 Å². The lowest BCUT2D eigenvalue weighted by molar-refractivity contribution is -0.111. The van der Waals surface area contributed by atoms with Crippen LogP contribution in [0.1, 0.15) is 49.1 Å². The summed E-state index contributed by atoms with van der Waals surface area (Å²) in [6.45, 7) is 6.90. The molecule has 0 aliphatic carbocycles. The summed E-state index contributed by atoms with van der Waals surface area (Å²) in [6.07, 6.45) is 7.61. The highest BCUT2D eigenvalue weighted by molar-refractivity contribution is 7.15. The number of likely N-dealkylation sites (tertiary alicyclic amines) is 1. The molecule has 1 N–H and O–H groups in total. The molecule has 1 saturated heterocycles. The zero-order chi connectivity index (χ0) is 23.0. The summed E-state index contributed by atoms with van der Waals surface area (Å²) in [4.78, 5) is 21.4. The molecule has 1 aromatic heterocycles. The van der Waals surface area contributed by atoms with Crippen molar-refractivity contribution in [2.24, 2.45) is 0 Å². The van der Waals surface area contributed by atoms with E-state index in [4.69, 9.17) is 4.74 Å². The van der Waals surface area contributed by atoms with E-state index >= 15 is 0 Å². The number of piperidine rings is 1. The van der Waals surface area contributed by atoms with Crippen molar-refractivity contribution in [1.82, 2.24) is 9.88 Å². The van der Waals surface area contributed by atoms with E-state index in [-0.39, 0.29) is 5.91 Å². The average molecular weight is 462 g/mol. The van der Waals surface area contributed by atoms with E-state index in [2.05, 4.69) is 22.1 Å². The Bertz CT molecular complexity index is 1080. The van der Waals surface area contributed by atoms with Crippen molar-refractivity contribution in [3.05, 3.63) is 76.8 Å². The summed E-state index contributed by atoms with van der Waals surface area (Å²) in [5.41, 5.74) is 2.40. The molecule has 3 aromatic rings. The number of nitrogens with one attached hydrogen (secondary N) is 1. The Hall–Kier alpha value is -2.96. The maximum absolute atomic E-state index is 13.3. The number of thiazole rings is 1. The molecule has 0 radical (unpaired) electrons. The van der Waals surface area contributed by atoms with Crippen LogP contribution >= 0.6 is 11.3 Å². The molecule has 1 aliphatic rings. The molecule has 1 aliphatic heterocycles. The number of aromatic nitrogens is 1. The second-order valence-corrected chi connectivity index (χ2v) is 9.44. The Morgan fingerprint density at radius 1 is 1.18 bits per heavy atom. The standard InChI is InChI=1S/C27H31N3O2S/c1-3-32-23-14-12-21(13-15-23)17-25(22-10-5-4-6-11-22)26(31)29-27-28-18-24(33-27)19-30-16-8-7-9-20(30)2/h4-6,10-15,17-18,20H,3,7-9,16,19H2,1-2H3,(H,28,29,31)/b25-17+. The minimum absolute atomic E-state index is 0.165. The van der Waals surface area contributed by atoms with E-state index in [0.29, 0.717) is 23.4 Å². The summed E-state index contributed by atoms with van der Waals surface area (Å²) in [5, 5.41) is 3.65. The zero-order valence-corrected chi connectivity index (χ0v) is 20.1. The van der Waals surface area contributed by atoms with Gasteiger partial charge in [-0.2, -0.15) is 0 Å². The minimum atomic E-state index is -0.165. The van der Waals surface area contributed by atoms with Gasteiger partial charge in [-0.3, -0.25) is 15.0 Å². The van der Waals surface area contributed by atoms with Crippen LogP contribution in [-0.2, 0) is 11.3 Å². The largest absolute Gasteiger partial charge is 0.494 e. The summed E-state index contributed by atoms with van der Waals surface area (Å²) in [5.74, 6) is 0.654. The van der Waals surface area contributed by atoms with Gasteiger partial charge in [0.05, 0.1) is 6.61 Å². The summed E-state index contributed by atoms with van der Waals surface area (Å²) in [7, 11) is 0. The summed E-state index contributed by atoms with van der Waals surface area (Å²) < 4.78 is 5.53. The fourth-order valence-electron chi connectivity index (χ4n) is 4.09. The van der Waals surface area contributed by atoms with Crippen LogP contribution in [0.4, 0.5) is 5.13 Å². The van der Waals surface area contributed by atoms with Crippen LogP contribution in [0.3, 0.4) is 0 Å². The van der Waals surface area contributed by atoms with E-state index in [1.54, 1.807) is 11.3 Å². The van der Waals surface area contributed by atoms with Crippen molar-refractivity contribution in [2.45, 2.75) is 45.7 Å². The number of benzene rings is 2. The van der Waals surface area contributed by atoms with Gasteiger partial charge in [0.15, 0.2) is 5.13 Å². The van der Waals surface area contributed by atoms with Crippen molar-refractivity contribution in [1.29, 1.82) is 0 Å². The lowest BCUT2D eigenvalue weighted by Gasteiger charge is -2.32. The third-order valence-electron chi connectivity index (χ3n) is 5.91. The molecule has 2 aromatic carbocycles. The number of hydrogen-bond donors (Lipinski definition) is 1. The van der Waals surface area contributed by atoms with Gasteiger partial charge in [-0.15, -0.1) is 11.3 Å². The van der Waals surface area contributed by atoms with Crippen molar-refractivity contribution in [2.75, 3.05) is 18.5 Å². The molecule has 0 saturated carbocycles. The third kappa shape index (κ3) is 6.30. The van der Waals surface area contributed by atoms with Crippen LogP contribution in [0.25, 0.3) is 11.6 Å². The van der Waals surface area contributed by atoms with Crippen molar-refractivity contribution in [3.63, 3.8) is 0 Å². The van der Waals surface area contributed by atoms with Gasteiger partial charge in [0.1, 0.15) is 5.75 Å². The highest BCUT2D eigenvalue weighted by Gasteiger charge is 2.20. The molecular weight excluding hydrogens is 430 g/mol. The maximum atomic E-state index is 13.3.